The molecule has 0 spiro atoms. The average molecular weight is 587 g/mol. The zero-order valence-electron chi connectivity index (χ0n) is 23.3. The van der Waals surface area contributed by atoms with E-state index in [0.717, 1.165) is 42.7 Å². The van der Waals surface area contributed by atoms with Crippen molar-refractivity contribution in [3.8, 4) is 5.75 Å². The third-order valence-corrected chi connectivity index (χ3v) is 7.38. The molecule has 2 aromatic carbocycles. The number of rotatable bonds is 14. The maximum atomic E-state index is 12.7. The predicted octanol–water partition coefficient (Wildman–Crippen LogP) is 5.82. The minimum absolute atomic E-state index is 0. The van der Waals surface area contributed by atoms with Crippen LogP contribution in [0.1, 0.15) is 65.9 Å². The normalized spacial score (nSPS) is 11.3. The number of carbonyl (C=O) groups is 1. The number of nitrogens with one attached hydrogen (secondary N) is 4. The SMILES string of the molecule is C.Cc1cnc(Nc2ccc(OCCCCCCC(=O)NO)cc2)nc1Nc1cccc(S(=O)(=O)NC(C)(C)C)c1. The van der Waals surface area contributed by atoms with Crippen molar-refractivity contribution in [1.82, 2.24) is 20.2 Å². The van der Waals surface area contributed by atoms with Gasteiger partial charge in [-0.3, -0.25) is 10.0 Å². The van der Waals surface area contributed by atoms with Gasteiger partial charge in [0.15, 0.2) is 0 Å². The fourth-order valence-corrected chi connectivity index (χ4v) is 5.18. The van der Waals surface area contributed by atoms with E-state index in [0.29, 0.717) is 30.5 Å². The summed E-state index contributed by atoms with van der Waals surface area (Å²) in [7, 11) is -3.68. The summed E-state index contributed by atoms with van der Waals surface area (Å²) in [6.45, 7) is 7.82. The Balaban J connectivity index is 0.00000588. The summed E-state index contributed by atoms with van der Waals surface area (Å²) in [5, 5.41) is 14.9. The van der Waals surface area contributed by atoms with Crippen molar-refractivity contribution in [1.29, 1.82) is 0 Å². The summed E-state index contributed by atoms with van der Waals surface area (Å²) < 4.78 is 33.9. The lowest BCUT2D eigenvalue weighted by atomic mass is 10.1. The Labute approximate surface area is 243 Å². The second-order valence-electron chi connectivity index (χ2n) is 10.4. The van der Waals surface area contributed by atoms with Gasteiger partial charge in [0.05, 0.1) is 11.5 Å². The third kappa shape index (κ3) is 11.3. The van der Waals surface area contributed by atoms with Gasteiger partial charge in [-0.1, -0.05) is 26.3 Å². The van der Waals surface area contributed by atoms with E-state index in [4.69, 9.17) is 9.94 Å². The summed E-state index contributed by atoms with van der Waals surface area (Å²) in [4.78, 5) is 20.1. The minimum atomic E-state index is -3.68. The first-order valence-corrected chi connectivity index (χ1v) is 14.6. The van der Waals surface area contributed by atoms with E-state index in [1.807, 2.05) is 31.2 Å². The summed E-state index contributed by atoms with van der Waals surface area (Å²) in [6.07, 6.45) is 5.44. The second-order valence-corrected chi connectivity index (χ2v) is 12.1. The molecule has 0 atom stereocenters. The molecule has 0 fully saturated rings. The molecular weight excluding hydrogens is 544 g/mol. The van der Waals surface area contributed by atoms with Gasteiger partial charge >= 0.3 is 0 Å². The Morgan fingerprint density at radius 2 is 1.68 bits per heavy atom. The summed E-state index contributed by atoms with van der Waals surface area (Å²) in [5.41, 5.74) is 3.20. The van der Waals surface area contributed by atoms with Crippen molar-refractivity contribution in [2.75, 3.05) is 17.2 Å². The summed E-state index contributed by atoms with van der Waals surface area (Å²) >= 11 is 0. The molecule has 0 bridgehead atoms. The fourth-order valence-electron chi connectivity index (χ4n) is 3.72. The van der Waals surface area contributed by atoms with Crippen LogP contribution in [0.2, 0.25) is 0 Å². The highest BCUT2D eigenvalue weighted by Gasteiger charge is 2.22. The minimum Gasteiger partial charge on any atom is -0.494 e. The van der Waals surface area contributed by atoms with Gasteiger partial charge in [0.1, 0.15) is 11.6 Å². The van der Waals surface area contributed by atoms with E-state index in [1.54, 1.807) is 56.7 Å². The highest BCUT2D eigenvalue weighted by Crippen LogP contribution is 2.24. The van der Waals surface area contributed by atoms with Crippen LogP contribution in [0.25, 0.3) is 0 Å². The Bertz CT molecular complexity index is 1380. The first kappa shape index (κ1) is 33.5. The second kappa shape index (κ2) is 15.3. The lowest BCUT2D eigenvalue weighted by molar-refractivity contribution is -0.129. The van der Waals surface area contributed by atoms with Gasteiger partial charge in [-0.25, -0.2) is 23.6 Å². The van der Waals surface area contributed by atoms with Crippen LogP contribution in [0.4, 0.5) is 23.1 Å². The summed E-state index contributed by atoms with van der Waals surface area (Å²) in [5.74, 6) is 1.32. The lowest BCUT2D eigenvalue weighted by Crippen LogP contribution is -2.40. The molecule has 0 aliphatic heterocycles. The van der Waals surface area contributed by atoms with Gasteiger partial charge in [0.2, 0.25) is 21.9 Å². The maximum Gasteiger partial charge on any atom is 0.243 e. The molecule has 224 valence electrons. The Morgan fingerprint density at radius 3 is 2.37 bits per heavy atom. The first-order chi connectivity index (χ1) is 18.9. The number of amides is 1. The van der Waals surface area contributed by atoms with Gasteiger partial charge in [-0.2, -0.15) is 4.98 Å². The standard InChI is InChI=1S/C28H38N6O5S.CH4/c1-20-19-29-27(31-21-13-15-23(16-14-21)39-17-8-6-5-7-12-25(35)33-36)32-26(20)30-22-10-9-11-24(18-22)40(37,38)34-28(2,3)4;/h9-11,13-16,18-19,34,36H,5-8,12,17H2,1-4H3,(H,33,35)(H2,29,30,31,32);1H4. The van der Waals surface area contributed by atoms with Crippen molar-refractivity contribution < 1.29 is 23.2 Å². The monoisotopic (exact) mass is 586 g/mol. The molecule has 12 heteroatoms. The van der Waals surface area contributed by atoms with Gasteiger partial charge < -0.3 is 15.4 Å². The van der Waals surface area contributed by atoms with E-state index in [1.165, 1.54) is 0 Å². The number of unbranched alkanes of at least 4 members (excludes halogenated alkanes) is 3. The molecule has 0 aliphatic carbocycles. The largest absolute Gasteiger partial charge is 0.494 e. The molecule has 5 N–H and O–H groups in total. The van der Waals surface area contributed by atoms with Crippen molar-refractivity contribution in [2.24, 2.45) is 0 Å². The predicted molar refractivity (Wildman–Crippen MR) is 162 cm³/mol. The quantitative estimate of drug-likeness (QED) is 0.0893. The van der Waals surface area contributed by atoms with Crippen LogP contribution in [0.3, 0.4) is 0 Å². The number of aromatic nitrogens is 2. The number of nitrogens with zero attached hydrogens (tertiary/aromatic N) is 2. The van der Waals surface area contributed by atoms with E-state index in [-0.39, 0.29) is 18.2 Å². The van der Waals surface area contributed by atoms with Crippen molar-refractivity contribution >= 4 is 39.1 Å². The number of aryl methyl sites for hydroxylation is 1. The number of hydrogen-bond acceptors (Lipinski definition) is 9. The van der Waals surface area contributed by atoms with Gasteiger partial charge in [0, 0.05) is 35.1 Å². The van der Waals surface area contributed by atoms with Gasteiger partial charge in [-0.15, -0.1) is 0 Å². The topological polar surface area (TPSA) is 155 Å². The number of sulfonamides is 1. The number of hydrogen-bond donors (Lipinski definition) is 5. The van der Waals surface area contributed by atoms with Crippen LogP contribution in [0.5, 0.6) is 5.75 Å². The first-order valence-electron chi connectivity index (χ1n) is 13.1. The van der Waals surface area contributed by atoms with Crippen molar-refractivity contribution in [2.45, 2.75) is 77.7 Å². The smallest absolute Gasteiger partial charge is 0.243 e. The molecule has 1 amide bonds. The molecule has 41 heavy (non-hydrogen) atoms. The molecule has 3 aromatic rings. The van der Waals surface area contributed by atoms with Crippen LogP contribution in [0.15, 0.2) is 59.6 Å². The molecular formula is C29H42N6O5S. The number of hydroxylamine groups is 1. The molecule has 1 heterocycles. The molecule has 0 saturated heterocycles. The van der Waals surface area contributed by atoms with E-state index < -0.39 is 15.6 Å². The Hall–Kier alpha value is -3.74. The van der Waals surface area contributed by atoms with Gasteiger partial charge in [-0.05, 0) is 83.0 Å². The number of ether oxygens (including phenoxy) is 1. The van der Waals surface area contributed by atoms with Gasteiger partial charge in [0.25, 0.3) is 0 Å². The molecule has 1 aromatic heterocycles. The molecule has 11 nitrogen and oxygen atoms in total. The average Bonchev–Trinajstić information content (AvgIpc) is 2.89. The van der Waals surface area contributed by atoms with Crippen LogP contribution in [-0.4, -0.2) is 41.6 Å². The summed E-state index contributed by atoms with van der Waals surface area (Å²) in [6, 6.07) is 14.0. The highest BCUT2D eigenvalue weighted by molar-refractivity contribution is 7.89. The van der Waals surface area contributed by atoms with Crippen LogP contribution < -0.4 is 25.6 Å². The maximum absolute atomic E-state index is 12.7. The van der Waals surface area contributed by atoms with E-state index in [2.05, 4.69) is 25.3 Å². The molecule has 0 saturated carbocycles. The third-order valence-electron chi connectivity index (χ3n) is 5.62. The van der Waals surface area contributed by atoms with E-state index in [9.17, 15) is 13.2 Å². The molecule has 0 unspecified atom stereocenters. The Kier molecular flexibility index (Phi) is 12.5. The zero-order valence-corrected chi connectivity index (χ0v) is 24.1. The highest BCUT2D eigenvalue weighted by atomic mass is 32.2. The number of benzene rings is 2. The molecule has 0 aliphatic rings. The zero-order chi connectivity index (χ0) is 29.2. The van der Waals surface area contributed by atoms with Crippen LogP contribution in [-0.2, 0) is 14.8 Å². The van der Waals surface area contributed by atoms with Crippen molar-refractivity contribution in [3.63, 3.8) is 0 Å². The fraction of sp³-hybridized carbons (Fsp3) is 0.414. The number of anilines is 4. The van der Waals surface area contributed by atoms with Crippen molar-refractivity contribution in [3.05, 3.63) is 60.3 Å². The molecule has 0 radical (unpaired) electrons. The Morgan fingerprint density at radius 1 is 0.976 bits per heavy atom. The lowest BCUT2D eigenvalue weighted by Gasteiger charge is -2.20. The molecule has 3 rings (SSSR count). The van der Waals surface area contributed by atoms with E-state index >= 15 is 0 Å². The number of carbonyl (C=O) groups excluding carboxylic acids is 1. The van der Waals surface area contributed by atoms with Crippen LogP contribution >= 0.6 is 0 Å². The van der Waals surface area contributed by atoms with Crippen LogP contribution in [0, 0.1) is 6.92 Å².